The normalized spacial score (nSPS) is 26.1. The van der Waals surface area contributed by atoms with Crippen LogP contribution in [0.5, 0.6) is 0 Å². The summed E-state index contributed by atoms with van der Waals surface area (Å²) in [6.07, 6.45) is 1.19. The molecule has 0 aromatic carbocycles. The lowest BCUT2D eigenvalue weighted by Gasteiger charge is -2.30. The molecule has 0 bridgehead atoms. The van der Waals surface area contributed by atoms with E-state index in [-0.39, 0.29) is 11.5 Å². The van der Waals surface area contributed by atoms with E-state index in [2.05, 4.69) is 32.2 Å². The Morgan fingerprint density at radius 1 is 1.28 bits per heavy atom. The quantitative estimate of drug-likeness (QED) is 0.831. The lowest BCUT2D eigenvalue weighted by molar-refractivity contribution is 0.0644. The minimum Gasteiger partial charge on any atom is -0.466 e. The molecule has 1 aliphatic heterocycles. The third kappa shape index (κ3) is 2.96. The minimum atomic E-state index is 0.120. The van der Waals surface area contributed by atoms with Crippen LogP contribution >= 0.6 is 0 Å². The van der Waals surface area contributed by atoms with Crippen molar-refractivity contribution in [1.82, 2.24) is 5.32 Å². The molecule has 2 atom stereocenters. The van der Waals surface area contributed by atoms with Crippen molar-refractivity contribution in [3.63, 3.8) is 0 Å². The van der Waals surface area contributed by atoms with E-state index in [1.807, 2.05) is 13.8 Å². The van der Waals surface area contributed by atoms with Crippen LogP contribution in [0, 0.1) is 19.3 Å². The summed E-state index contributed by atoms with van der Waals surface area (Å²) in [5.41, 5.74) is 1.47. The third-order valence-electron chi connectivity index (χ3n) is 3.75. The molecule has 3 heteroatoms. The largest absolute Gasteiger partial charge is 0.466 e. The zero-order chi connectivity index (χ0) is 13.3. The van der Waals surface area contributed by atoms with Crippen LogP contribution in [0.2, 0.25) is 0 Å². The highest BCUT2D eigenvalue weighted by Gasteiger charge is 2.29. The van der Waals surface area contributed by atoms with E-state index in [0.29, 0.717) is 6.04 Å². The Morgan fingerprint density at radius 3 is 2.56 bits per heavy atom. The van der Waals surface area contributed by atoms with Gasteiger partial charge in [-0.25, -0.2) is 0 Å². The Bertz CT molecular complexity index is 403. The van der Waals surface area contributed by atoms with Gasteiger partial charge in [-0.1, -0.05) is 20.8 Å². The number of hydrogen-bond acceptors (Lipinski definition) is 3. The maximum absolute atomic E-state index is 5.99. The van der Waals surface area contributed by atoms with E-state index in [0.717, 1.165) is 31.1 Å². The van der Waals surface area contributed by atoms with Crippen LogP contribution in [0.25, 0.3) is 0 Å². The van der Waals surface area contributed by atoms with Gasteiger partial charge in [0.2, 0.25) is 0 Å². The second-order valence-corrected chi connectivity index (χ2v) is 6.34. The van der Waals surface area contributed by atoms with Crippen LogP contribution in [0.3, 0.4) is 0 Å². The van der Waals surface area contributed by atoms with Gasteiger partial charge in [-0.15, -0.1) is 0 Å². The summed E-state index contributed by atoms with van der Waals surface area (Å²) < 4.78 is 11.6. The first kappa shape index (κ1) is 13.6. The number of nitrogens with one attached hydrogen (secondary N) is 1. The SMILES string of the molecule is Cc1cc(C2CNC(C(C)(C)C)CCO2)c(C)o1. The number of furan rings is 1. The molecule has 2 rings (SSSR count). The van der Waals surface area contributed by atoms with Crippen molar-refractivity contribution in [3.8, 4) is 0 Å². The highest BCUT2D eigenvalue weighted by molar-refractivity contribution is 5.23. The molecule has 1 aromatic heterocycles. The zero-order valence-corrected chi connectivity index (χ0v) is 12.2. The van der Waals surface area contributed by atoms with E-state index in [1.165, 1.54) is 5.56 Å². The Balaban J connectivity index is 2.08. The summed E-state index contributed by atoms with van der Waals surface area (Å²) in [7, 11) is 0. The Hall–Kier alpha value is -0.800. The number of aryl methyl sites for hydroxylation is 2. The van der Waals surface area contributed by atoms with Gasteiger partial charge in [0.25, 0.3) is 0 Å². The maximum Gasteiger partial charge on any atom is 0.106 e. The van der Waals surface area contributed by atoms with Crippen LogP contribution in [0.1, 0.15) is 50.4 Å². The van der Waals surface area contributed by atoms with E-state index >= 15 is 0 Å². The van der Waals surface area contributed by atoms with Gasteiger partial charge >= 0.3 is 0 Å². The van der Waals surface area contributed by atoms with Crippen LogP contribution in [-0.2, 0) is 4.74 Å². The number of rotatable bonds is 1. The van der Waals surface area contributed by atoms with E-state index in [1.54, 1.807) is 0 Å². The highest BCUT2D eigenvalue weighted by atomic mass is 16.5. The predicted molar refractivity (Wildman–Crippen MR) is 72.7 cm³/mol. The summed E-state index contributed by atoms with van der Waals surface area (Å²) in [4.78, 5) is 0. The zero-order valence-electron chi connectivity index (χ0n) is 12.2. The van der Waals surface area contributed by atoms with E-state index in [9.17, 15) is 0 Å². The molecule has 0 aliphatic carbocycles. The summed E-state index contributed by atoms with van der Waals surface area (Å²) in [6.45, 7) is 12.5. The van der Waals surface area contributed by atoms with Gasteiger partial charge in [0.05, 0.1) is 6.10 Å². The molecule has 2 heterocycles. The second-order valence-electron chi connectivity index (χ2n) is 6.34. The average molecular weight is 251 g/mol. The lowest BCUT2D eigenvalue weighted by Crippen LogP contribution is -2.40. The molecule has 1 aromatic rings. The molecule has 2 unspecified atom stereocenters. The van der Waals surface area contributed by atoms with Gasteiger partial charge in [0, 0.05) is 24.8 Å². The fraction of sp³-hybridized carbons (Fsp3) is 0.733. The van der Waals surface area contributed by atoms with Crippen LogP contribution in [-0.4, -0.2) is 19.2 Å². The maximum atomic E-state index is 5.99. The molecule has 3 nitrogen and oxygen atoms in total. The monoisotopic (exact) mass is 251 g/mol. The van der Waals surface area contributed by atoms with Crippen LogP contribution < -0.4 is 5.32 Å². The summed E-state index contributed by atoms with van der Waals surface area (Å²) in [6, 6.07) is 2.61. The lowest BCUT2D eigenvalue weighted by atomic mass is 9.85. The van der Waals surface area contributed by atoms with Crippen molar-refractivity contribution in [1.29, 1.82) is 0 Å². The molecular weight excluding hydrogens is 226 g/mol. The van der Waals surface area contributed by atoms with Gasteiger partial charge in [-0.05, 0) is 31.7 Å². The van der Waals surface area contributed by atoms with Crippen molar-refractivity contribution >= 4 is 0 Å². The van der Waals surface area contributed by atoms with Crippen molar-refractivity contribution in [2.75, 3.05) is 13.2 Å². The molecule has 0 amide bonds. The van der Waals surface area contributed by atoms with Crippen LogP contribution in [0.4, 0.5) is 0 Å². The Kier molecular flexibility index (Phi) is 3.83. The summed E-state index contributed by atoms with van der Waals surface area (Å²) >= 11 is 0. The fourth-order valence-corrected chi connectivity index (χ4v) is 2.65. The number of hydrogen-bond donors (Lipinski definition) is 1. The van der Waals surface area contributed by atoms with Crippen molar-refractivity contribution in [3.05, 3.63) is 23.2 Å². The molecule has 18 heavy (non-hydrogen) atoms. The van der Waals surface area contributed by atoms with Crippen molar-refractivity contribution in [2.24, 2.45) is 5.41 Å². The van der Waals surface area contributed by atoms with Gasteiger partial charge in [-0.2, -0.15) is 0 Å². The molecule has 0 spiro atoms. The molecule has 102 valence electrons. The topological polar surface area (TPSA) is 34.4 Å². The number of ether oxygens (including phenoxy) is 1. The average Bonchev–Trinajstić information content (AvgIpc) is 2.51. The first-order valence-electron chi connectivity index (χ1n) is 6.80. The molecule has 0 saturated carbocycles. The predicted octanol–water partition coefficient (Wildman–Crippen LogP) is 3.36. The highest BCUT2D eigenvalue weighted by Crippen LogP contribution is 2.29. The molecule has 1 saturated heterocycles. The molecule has 1 fully saturated rings. The second kappa shape index (κ2) is 5.06. The molecular formula is C15H25NO2. The first-order valence-corrected chi connectivity index (χ1v) is 6.80. The molecule has 1 aliphatic rings. The van der Waals surface area contributed by atoms with Gasteiger partial charge in [0.15, 0.2) is 0 Å². The summed E-state index contributed by atoms with van der Waals surface area (Å²) in [5, 5.41) is 3.64. The van der Waals surface area contributed by atoms with Gasteiger partial charge in [0.1, 0.15) is 11.5 Å². The van der Waals surface area contributed by atoms with Crippen molar-refractivity contribution in [2.45, 2.75) is 53.2 Å². The standard InChI is InChI=1S/C15H25NO2/c1-10-8-12(11(2)18-10)13-9-16-14(6-7-17-13)15(3,4)5/h8,13-14,16H,6-7,9H2,1-5H3. The fourth-order valence-electron chi connectivity index (χ4n) is 2.65. The minimum absolute atomic E-state index is 0.120. The Labute approximate surface area is 110 Å². The first-order chi connectivity index (χ1) is 8.38. The third-order valence-corrected chi connectivity index (χ3v) is 3.75. The van der Waals surface area contributed by atoms with Crippen LogP contribution in [0.15, 0.2) is 10.5 Å². The van der Waals surface area contributed by atoms with Gasteiger partial charge < -0.3 is 14.5 Å². The van der Waals surface area contributed by atoms with E-state index < -0.39 is 0 Å². The molecule has 0 radical (unpaired) electrons. The van der Waals surface area contributed by atoms with Crippen molar-refractivity contribution < 1.29 is 9.15 Å². The van der Waals surface area contributed by atoms with E-state index in [4.69, 9.17) is 9.15 Å². The molecule has 1 N–H and O–H groups in total. The summed E-state index contributed by atoms with van der Waals surface area (Å²) in [5.74, 6) is 1.94. The smallest absolute Gasteiger partial charge is 0.106 e. The Morgan fingerprint density at radius 2 is 2.00 bits per heavy atom. The van der Waals surface area contributed by atoms with Gasteiger partial charge in [-0.3, -0.25) is 0 Å².